The molecule has 0 aromatic carbocycles. The van der Waals surface area contributed by atoms with Crippen LogP contribution in [-0.4, -0.2) is 15.0 Å². The van der Waals surface area contributed by atoms with E-state index in [9.17, 15) is 13.2 Å². The molecule has 0 aliphatic rings. The quantitative estimate of drug-likeness (QED) is 0.626. The highest BCUT2D eigenvalue weighted by molar-refractivity contribution is 7.99. The zero-order valence-corrected chi connectivity index (χ0v) is 11.3. The van der Waals surface area contributed by atoms with Crippen molar-refractivity contribution < 1.29 is 13.2 Å². The van der Waals surface area contributed by atoms with E-state index in [1.165, 1.54) is 0 Å². The smallest absolute Gasteiger partial charge is 0.227 e. The van der Waals surface area contributed by atoms with Gasteiger partial charge < -0.3 is 0 Å². The van der Waals surface area contributed by atoms with E-state index < -0.39 is 17.6 Å². The highest BCUT2D eigenvalue weighted by Crippen LogP contribution is 2.27. The van der Waals surface area contributed by atoms with Gasteiger partial charge in [-0.3, -0.25) is 0 Å². The van der Waals surface area contributed by atoms with Gasteiger partial charge in [-0.25, -0.2) is 23.7 Å². The first-order valence-corrected chi connectivity index (χ1v) is 6.21. The summed E-state index contributed by atoms with van der Waals surface area (Å²) in [6, 6.07) is 0.457. The van der Waals surface area contributed by atoms with Crippen LogP contribution in [0.3, 0.4) is 0 Å². The maximum atomic E-state index is 13.5. The van der Waals surface area contributed by atoms with Crippen LogP contribution in [0.2, 0.25) is 0 Å². The lowest BCUT2D eigenvalue weighted by Crippen LogP contribution is -2.00. The number of halogens is 3. The first-order chi connectivity index (χ1) is 8.88. The lowest BCUT2D eigenvalue weighted by molar-refractivity contribution is 0.448. The molecule has 0 bridgehead atoms. The van der Waals surface area contributed by atoms with E-state index in [0.29, 0.717) is 6.07 Å². The molecular formula is C12H10F3N3S. The van der Waals surface area contributed by atoms with Crippen LogP contribution in [0.15, 0.2) is 16.2 Å². The number of aryl methyl sites for hydroxylation is 2. The van der Waals surface area contributed by atoms with Crippen LogP contribution < -0.4 is 0 Å². The minimum absolute atomic E-state index is 0.248. The van der Waals surface area contributed by atoms with Crippen molar-refractivity contribution in [2.24, 2.45) is 0 Å². The van der Waals surface area contributed by atoms with Gasteiger partial charge in [-0.2, -0.15) is 4.39 Å². The fourth-order valence-corrected chi connectivity index (χ4v) is 2.19. The normalized spacial score (nSPS) is 10.8. The van der Waals surface area contributed by atoms with Crippen molar-refractivity contribution in [3.05, 3.63) is 40.6 Å². The third-order valence-corrected chi connectivity index (χ3v) is 3.50. The van der Waals surface area contributed by atoms with Crippen molar-refractivity contribution in [3.8, 4) is 0 Å². The molecule has 0 N–H and O–H groups in total. The van der Waals surface area contributed by atoms with E-state index in [-0.39, 0.29) is 10.2 Å². The van der Waals surface area contributed by atoms with Crippen molar-refractivity contribution in [1.29, 1.82) is 0 Å². The average Bonchev–Trinajstić information content (AvgIpc) is 2.33. The van der Waals surface area contributed by atoms with Crippen LogP contribution in [0.25, 0.3) is 0 Å². The van der Waals surface area contributed by atoms with Gasteiger partial charge in [0.05, 0.1) is 0 Å². The number of hydrogen-bond donors (Lipinski definition) is 0. The Balaban J connectivity index is 2.39. The predicted molar refractivity (Wildman–Crippen MR) is 64.5 cm³/mol. The van der Waals surface area contributed by atoms with Crippen molar-refractivity contribution in [2.45, 2.75) is 31.0 Å². The maximum absolute atomic E-state index is 13.5. The lowest BCUT2D eigenvalue weighted by atomic mass is 10.2. The molecule has 2 rings (SSSR count). The Hall–Kier alpha value is -1.63. The van der Waals surface area contributed by atoms with Gasteiger partial charge in [0.2, 0.25) is 5.95 Å². The maximum Gasteiger partial charge on any atom is 0.250 e. The van der Waals surface area contributed by atoms with Crippen molar-refractivity contribution in [2.75, 3.05) is 0 Å². The van der Waals surface area contributed by atoms with E-state index in [1.54, 1.807) is 13.8 Å². The van der Waals surface area contributed by atoms with E-state index in [1.807, 2.05) is 6.92 Å². The Morgan fingerprint density at radius 3 is 2.05 bits per heavy atom. The molecule has 0 aliphatic carbocycles. The molecule has 0 aliphatic heterocycles. The van der Waals surface area contributed by atoms with E-state index in [4.69, 9.17) is 0 Å². The summed E-state index contributed by atoms with van der Waals surface area (Å²) in [5.74, 6) is -3.60. The fourth-order valence-electron chi connectivity index (χ4n) is 1.37. The zero-order valence-electron chi connectivity index (χ0n) is 10.5. The summed E-state index contributed by atoms with van der Waals surface area (Å²) >= 11 is 0.759. The molecule has 0 atom stereocenters. The standard InChI is InChI=1S/C12H10F3N3S/c1-5-6(2)16-12(17-7(5)3)19-11-9(14)4-8(13)10(15)18-11/h4H,1-3H3. The Morgan fingerprint density at radius 1 is 0.895 bits per heavy atom. The lowest BCUT2D eigenvalue weighted by Gasteiger charge is -2.07. The molecule has 19 heavy (non-hydrogen) atoms. The Bertz CT molecular complexity index is 623. The van der Waals surface area contributed by atoms with Crippen molar-refractivity contribution in [3.63, 3.8) is 0 Å². The summed E-state index contributed by atoms with van der Waals surface area (Å²) in [5, 5.41) is -0.0421. The minimum atomic E-state index is -1.34. The molecule has 0 radical (unpaired) electrons. The second-order valence-corrected chi connectivity index (χ2v) is 4.91. The van der Waals surface area contributed by atoms with E-state index >= 15 is 0 Å². The topological polar surface area (TPSA) is 38.7 Å². The number of aromatic nitrogens is 3. The fraction of sp³-hybridized carbons (Fsp3) is 0.250. The SMILES string of the molecule is Cc1nc(Sc2nc(F)c(F)cc2F)nc(C)c1C. The van der Waals surface area contributed by atoms with Crippen LogP contribution in [0, 0.1) is 38.4 Å². The molecule has 2 heterocycles. The second kappa shape index (κ2) is 5.16. The summed E-state index contributed by atoms with van der Waals surface area (Å²) in [5.41, 5.74) is 2.43. The first kappa shape index (κ1) is 13.8. The second-order valence-electron chi connectivity index (χ2n) is 3.95. The molecule has 0 unspecified atom stereocenters. The molecule has 3 nitrogen and oxygen atoms in total. The van der Waals surface area contributed by atoms with Crippen molar-refractivity contribution >= 4 is 11.8 Å². The number of pyridine rings is 1. The molecule has 2 aromatic heterocycles. The van der Waals surface area contributed by atoms with Gasteiger partial charge in [-0.1, -0.05) is 0 Å². The first-order valence-electron chi connectivity index (χ1n) is 5.39. The van der Waals surface area contributed by atoms with Crippen molar-refractivity contribution in [1.82, 2.24) is 15.0 Å². The van der Waals surface area contributed by atoms with Crippen LogP contribution in [0.5, 0.6) is 0 Å². The molecule has 0 saturated heterocycles. The Kier molecular flexibility index (Phi) is 3.75. The molecule has 0 amide bonds. The van der Waals surface area contributed by atoms with Crippen LogP contribution >= 0.6 is 11.8 Å². The molecule has 0 fully saturated rings. The highest BCUT2D eigenvalue weighted by Gasteiger charge is 2.15. The summed E-state index contributed by atoms with van der Waals surface area (Å²) in [7, 11) is 0. The molecule has 2 aromatic rings. The third kappa shape index (κ3) is 2.86. The molecule has 0 saturated carbocycles. The zero-order chi connectivity index (χ0) is 14.2. The molecule has 7 heteroatoms. The summed E-state index contributed by atoms with van der Waals surface area (Å²) < 4.78 is 39.2. The minimum Gasteiger partial charge on any atom is -0.227 e. The Labute approximate surface area is 112 Å². The summed E-state index contributed by atoms with van der Waals surface area (Å²) in [4.78, 5) is 11.5. The van der Waals surface area contributed by atoms with Gasteiger partial charge in [-0.15, -0.1) is 0 Å². The van der Waals surface area contributed by atoms with Gasteiger partial charge in [0.1, 0.15) is 5.03 Å². The summed E-state index contributed by atoms with van der Waals surface area (Å²) in [6.45, 7) is 5.46. The third-order valence-electron chi connectivity index (χ3n) is 2.65. The van der Waals surface area contributed by atoms with Crippen LogP contribution in [0.1, 0.15) is 17.0 Å². The van der Waals surface area contributed by atoms with E-state index in [0.717, 1.165) is 28.7 Å². The molecule has 0 spiro atoms. The van der Waals surface area contributed by atoms with Gasteiger partial charge in [0.25, 0.3) is 0 Å². The largest absolute Gasteiger partial charge is 0.250 e. The number of nitrogens with zero attached hydrogens (tertiary/aromatic N) is 3. The predicted octanol–water partition coefficient (Wildman–Crippen LogP) is 3.37. The summed E-state index contributed by atoms with van der Waals surface area (Å²) in [6.07, 6.45) is 0. The van der Waals surface area contributed by atoms with E-state index in [2.05, 4.69) is 15.0 Å². The number of rotatable bonds is 2. The monoisotopic (exact) mass is 285 g/mol. The highest BCUT2D eigenvalue weighted by atomic mass is 32.2. The Morgan fingerprint density at radius 2 is 1.47 bits per heavy atom. The number of hydrogen-bond acceptors (Lipinski definition) is 4. The average molecular weight is 285 g/mol. The van der Waals surface area contributed by atoms with Crippen LogP contribution in [-0.2, 0) is 0 Å². The van der Waals surface area contributed by atoms with Gasteiger partial charge in [0, 0.05) is 17.5 Å². The van der Waals surface area contributed by atoms with Gasteiger partial charge in [-0.05, 0) is 38.1 Å². The van der Waals surface area contributed by atoms with Gasteiger partial charge in [0.15, 0.2) is 16.8 Å². The van der Waals surface area contributed by atoms with Gasteiger partial charge >= 0.3 is 0 Å². The van der Waals surface area contributed by atoms with Crippen LogP contribution in [0.4, 0.5) is 13.2 Å². The molecule has 100 valence electrons. The molecular weight excluding hydrogens is 275 g/mol.